The zero-order chi connectivity index (χ0) is 24.0. The number of anilines is 1. The van der Waals surface area contributed by atoms with Crippen molar-refractivity contribution in [3.63, 3.8) is 0 Å². The first kappa shape index (κ1) is 24.3. The number of likely N-dealkylation sites (tertiary alicyclic amines) is 1. The number of likely N-dealkylation sites (N-methyl/N-ethyl adjacent to an activating group) is 1. The number of aliphatic hydroxyl groups is 1. The Balaban J connectivity index is 1.36. The summed E-state index contributed by atoms with van der Waals surface area (Å²) in [6.45, 7) is 1.74. The number of carbonyl (C=O) groups is 2. The van der Waals surface area contributed by atoms with Crippen LogP contribution in [0.1, 0.15) is 50.5 Å². The summed E-state index contributed by atoms with van der Waals surface area (Å²) in [6.07, 6.45) is 8.84. The van der Waals surface area contributed by atoms with E-state index in [1.165, 1.54) is 6.33 Å². The number of hydrogen-bond acceptors (Lipinski definition) is 6. The van der Waals surface area contributed by atoms with Gasteiger partial charge in [0.25, 0.3) is 5.91 Å². The summed E-state index contributed by atoms with van der Waals surface area (Å²) < 4.78 is 6.51. The number of esters is 1. The third-order valence-corrected chi connectivity index (χ3v) is 7.35. The summed E-state index contributed by atoms with van der Waals surface area (Å²) in [5, 5.41) is 14.5. The van der Waals surface area contributed by atoms with Gasteiger partial charge in [0, 0.05) is 25.0 Å². The van der Waals surface area contributed by atoms with Crippen LogP contribution in [0.3, 0.4) is 0 Å². The Labute approximate surface area is 201 Å². The molecule has 8 heteroatoms. The maximum Gasteiger partial charge on any atom is 0.343 e. The van der Waals surface area contributed by atoms with Crippen LogP contribution in [0.2, 0.25) is 0 Å². The highest BCUT2D eigenvalue weighted by Crippen LogP contribution is 2.41. The number of aromatic nitrogens is 2. The van der Waals surface area contributed by atoms with Crippen LogP contribution < -0.4 is 5.32 Å². The molecule has 1 amide bonds. The second kappa shape index (κ2) is 10.6. The minimum Gasteiger partial charge on any atom is -0.460 e. The number of piperidine rings is 1. The summed E-state index contributed by atoms with van der Waals surface area (Å²) in [5.41, 5.74) is -1.00. The van der Waals surface area contributed by atoms with E-state index in [4.69, 9.17) is 4.74 Å². The molecule has 1 saturated carbocycles. The van der Waals surface area contributed by atoms with Crippen molar-refractivity contribution < 1.29 is 23.9 Å². The zero-order valence-corrected chi connectivity index (χ0v) is 19.9. The molecule has 2 aromatic rings. The smallest absolute Gasteiger partial charge is 0.343 e. The van der Waals surface area contributed by atoms with Gasteiger partial charge in [-0.25, -0.2) is 14.8 Å². The van der Waals surface area contributed by atoms with E-state index in [1.54, 1.807) is 12.3 Å². The van der Waals surface area contributed by atoms with E-state index in [2.05, 4.69) is 15.3 Å². The van der Waals surface area contributed by atoms with Crippen molar-refractivity contribution in [1.29, 1.82) is 0 Å². The van der Waals surface area contributed by atoms with Gasteiger partial charge in [-0.15, -0.1) is 0 Å². The summed E-state index contributed by atoms with van der Waals surface area (Å²) >= 11 is 0. The Bertz CT molecular complexity index is 957. The largest absolute Gasteiger partial charge is 0.460 e. The number of quaternary nitrogens is 1. The van der Waals surface area contributed by atoms with Crippen LogP contribution in [0.15, 0.2) is 48.9 Å². The van der Waals surface area contributed by atoms with Crippen LogP contribution in [0.5, 0.6) is 0 Å². The Morgan fingerprint density at radius 1 is 1.09 bits per heavy atom. The molecule has 1 aliphatic heterocycles. The van der Waals surface area contributed by atoms with Crippen molar-refractivity contribution >= 4 is 17.7 Å². The molecule has 1 aromatic heterocycles. The number of carbonyl (C=O) groups excluding carboxylic acids is 2. The Kier molecular flexibility index (Phi) is 7.58. The van der Waals surface area contributed by atoms with Crippen molar-refractivity contribution in [3.8, 4) is 0 Å². The van der Waals surface area contributed by atoms with Gasteiger partial charge in [0.15, 0.2) is 12.1 Å². The van der Waals surface area contributed by atoms with Gasteiger partial charge in [-0.1, -0.05) is 49.6 Å². The molecule has 8 nitrogen and oxygen atoms in total. The molecule has 1 unspecified atom stereocenters. The Hall–Kier alpha value is -2.84. The lowest BCUT2D eigenvalue weighted by Gasteiger charge is -2.41. The van der Waals surface area contributed by atoms with E-state index in [1.807, 2.05) is 37.4 Å². The monoisotopic (exact) mass is 467 g/mol. The minimum absolute atomic E-state index is 0.104. The fraction of sp³-hybridized carbons (Fsp3) is 0.538. The molecule has 182 valence electrons. The van der Waals surface area contributed by atoms with Gasteiger partial charge in [-0.3, -0.25) is 4.79 Å². The SMILES string of the molecule is C[N+]1(CC(=O)Nc2ccncn2)CCC(OC(=O)C(O)(c2ccccc2)C2CCCCC2)CC1. The van der Waals surface area contributed by atoms with E-state index < -0.39 is 11.6 Å². The summed E-state index contributed by atoms with van der Waals surface area (Å²) in [7, 11) is 2.04. The second-order valence-electron chi connectivity index (χ2n) is 9.94. The maximum absolute atomic E-state index is 13.4. The molecule has 4 rings (SSSR count). The zero-order valence-electron chi connectivity index (χ0n) is 19.9. The van der Waals surface area contributed by atoms with Gasteiger partial charge in [-0.2, -0.15) is 0 Å². The Morgan fingerprint density at radius 2 is 1.79 bits per heavy atom. The van der Waals surface area contributed by atoms with E-state index in [9.17, 15) is 14.7 Å². The van der Waals surface area contributed by atoms with Crippen molar-refractivity contribution in [2.45, 2.75) is 56.7 Å². The number of hydrogen-bond donors (Lipinski definition) is 2. The molecule has 2 aliphatic rings. The highest BCUT2D eigenvalue weighted by molar-refractivity contribution is 5.90. The molecule has 0 spiro atoms. The molecule has 1 aliphatic carbocycles. The highest BCUT2D eigenvalue weighted by atomic mass is 16.6. The fourth-order valence-electron chi connectivity index (χ4n) is 5.31. The van der Waals surface area contributed by atoms with Crippen LogP contribution in [0, 0.1) is 5.92 Å². The minimum atomic E-state index is -1.62. The summed E-state index contributed by atoms with van der Waals surface area (Å²) in [6, 6.07) is 10.9. The van der Waals surface area contributed by atoms with Crippen LogP contribution in [0.4, 0.5) is 5.82 Å². The van der Waals surface area contributed by atoms with E-state index in [0.717, 1.165) is 32.1 Å². The van der Waals surface area contributed by atoms with Crippen LogP contribution in [0.25, 0.3) is 0 Å². The number of ether oxygens (including phenoxy) is 1. The molecule has 1 aromatic carbocycles. The van der Waals surface area contributed by atoms with Crippen LogP contribution in [-0.4, -0.2) is 64.2 Å². The topological polar surface area (TPSA) is 101 Å². The molecule has 2 N–H and O–H groups in total. The molecule has 34 heavy (non-hydrogen) atoms. The lowest BCUT2D eigenvalue weighted by atomic mass is 9.73. The highest BCUT2D eigenvalue weighted by Gasteiger charge is 2.48. The van der Waals surface area contributed by atoms with Gasteiger partial charge in [-0.05, 0) is 24.5 Å². The van der Waals surface area contributed by atoms with Gasteiger partial charge in [0.05, 0.1) is 20.1 Å². The average Bonchev–Trinajstić information content (AvgIpc) is 2.86. The first-order valence-electron chi connectivity index (χ1n) is 12.3. The van der Waals surface area contributed by atoms with Gasteiger partial charge in [0.1, 0.15) is 18.2 Å². The van der Waals surface area contributed by atoms with Gasteiger partial charge >= 0.3 is 5.97 Å². The lowest BCUT2D eigenvalue weighted by molar-refractivity contribution is -0.907. The average molecular weight is 468 g/mol. The van der Waals surface area contributed by atoms with E-state index in [0.29, 0.717) is 48.3 Å². The maximum atomic E-state index is 13.4. The number of amides is 1. The second-order valence-corrected chi connectivity index (χ2v) is 9.94. The molecule has 0 bridgehead atoms. The number of benzene rings is 1. The quantitative estimate of drug-likeness (QED) is 0.479. The van der Waals surface area contributed by atoms with E-state index in [-0.39, 0.29) is 17.9 Å². The number of rotatable bonds is 7. The third-order valence-electron chi connectivity index (χ3n) is 7.35. The predicted octanol–water partition coefficient (Wildman–Crippen LogP) is 3.04. The van der Waals surface area contributed by atoms with Gasteiger partial charge < -0.3 is 19.6 Å². The normalized spacial score (nSPS) is 25.2. The summed E-state index contributed by atoms with van der Waals surface area (Å²) in [4.78, 5) is 33.8. The van der Waals surface area contributed by atoms with Crippen LogP contribution in [-0.2, 0) is 19.9 Å². The van der Waals surface area contributed by atoms with Gasteiger partial charge in [0.2, 0.25) is 0 Å². The number of nitrogens with zero attached hydrogens (tertiary/aromatic N) is 3. The van der Waals surface area contributed by atoms with E-state index >= 15 is 0 Å². The van der Waals surface area contributed by atoms with Crippen molar-refractivity contribution in [2.75, 3.05) is 32.0 Å². The van der Waals surface area contributed by atoms with Crippen molar-refractivity contribution in [2.24, 2.45) is 5.92 Å². The van der Waals surface area contributed by atoms with Crippen molar-refractivity contribution in [1.82, 2.24) is 9.97 Å². The standard InChI is InChI=1S/C26H34N4O4/c1-30(18-24(31)29-23-12-15-27-19-28-23)16-13-22(14-17-30)34-25(32)26(33,20-8-4-2-5-9-20)21-10-6-3-7-11-21/h2,4-5,8-9,12,15,19,21-22,33H,3,6-7,10-11,13-14,16-18H2,1H3/p+1. The first-order chi connectivity index (χ1) is 16.4. The summed E-state index contributed by atoms with van der Waals surface area (Å²) in [5.74, 6) is -0.287. The Morgan fingerprint density at radius 3 is 2.44 bits per heavy atom. The third kappa shape index (κ3) is 5.62. The molecule has 1 saturated heterocycles. The number of nitrogens with one attached hydrogen (secondary N) is 1. The predicted molar refractivity (Wildman–Crippen MR) is 127 cm³/mol. The molecule has 1 atom stereocenters. The molecule has 2 fully saturated rings. The molecular weight excluding hydrogens is 432 g/mol. The first-order valence-corrected chi connectivity index (χ1v) is 12.3. The van der Waals surface area contributed by atoms with Crippen LogP contribution >= 0.6 is 0 Å². The molecule has 2 heterocycles. The molecule has 0 radical (unpaired) electrons. The molecular formula is C26H35N4O4+. The van der Waals surface area contributed by atoms with Crippen molar-refractivity contribution in [3.05, 3.63) is 54.5 Å². The fourth-order valence-corrected chi connectivity index (χ4v) is 5.31. The lowest BCUT2D eigenvalue weighted by Crippen LogP contribution is -2.55.